The Morgan fingerprint density at radius 3 is 1.55 bits per heavy atom. The van der Waals surface area contributed by atoms with Crippen molar-refractivity contribution in [2.75, 3.05) is 26.3 Å². The van der Waals surface area contributed by atoms with Gasteiger partial charge in [0.1, 0.15) is 0 Å². The average Bonchev–Trinajstić information content (AvgIpc) is 2.04. The predicted octanol–water partition coefficient (Wildman–Crippen LogP) is -2.72. The first kappa shape index (κ1) is 10.8. The van der Waals surface area contributed by atoms with Crippen LogP contribution in [0.5, 0.6) is 0 Å². The lowest BCUT2D eigenvalue weighted by Gasteiger charge is -2.10. The van der Waals surface area contributed by atoms with E-state index in [4.69, 9.17) is 20.4 Å². The molecule has 5 nitrogen and oxygen atoms in total. The highest BCUT2D eigenvalue weighted by Crippen LogP contribution is 1.79. The van der Waals surface area contributed by atoms with Gasteiger partial charge in [-0.3, -0.25) is 0 Å². The van der Waals surface area contributed by atoms with Crippen molar-refractivity contribution in [2.24, 2.45) is 0 Å². The highest BCUT2D eigenvalue weighted by atomic mass is 16.3. The van der Waals surface area contributed by atoms with Gasteiger partial charge in [-0.25, -0.2) is 0 Å². The summed E-state index contributed by atoms with van der Waals surface area (Å²) in [5.74, 6) is 0. The second-order valence-corrected chi connectivity index (χ2v) is 2.33. The minimum Gasteiger partial charge on any atom is -0.394 e. The van der Waals surface area contributed by atoms with Crippen molar-refractivity contribution in [3.63, 3.8) is 0 Å². The summed E-state index contributed by atoms with van der Waals surface area (Å²) < 4.78 is 0. The van der Waals surface area contributed by atoms with Gasteiger partial charge in [0.2, 0.25) is 0 Å². The number of aliphatic hydroxyl groups excluding tert-OH is 4. The standard InChI is InChI=1S/C6H15NO4/c8-3-5(10)1-7-2-6(11)4-9/h5-11H,1-4H2/t5-,6-/m1/s1. The Hall–Kier alpha value is -0.200. The first-order valence-electron chi connectivity index (χ1n) is 3.49. The molecule has 0 aromatic rings. The van der Waals surface area contributed by atoms with Gasteiger partial charge in [-0.15, -0.1) is 0 Å². The van der Waals surface area contributed by atoms with Crippen molar-refractivity contribution in [3.05, 3.63) is 0 Å². The summed E-state index contributed by atoms with van der Waals surface area (Å²) in [6.45, 7) is -0.175. The number of hydrogen-bond donors (Lipinski definition) is 5. The van der Waals surface area contributed by atoms with E-state index in [0.29, 0.717) is 0 Å². The molecular weight excluding hydrogens is 150 g/mol. The zero-order valence-corrected chi connectivity index (χ0v) is 6.27. The van der Waals surface area contributed by atoms with Crippen LogP contribution < -0.4 is 5.32 Å². The quantitative estimate of drug-likeness (QED) is 0.295. The highest BCUT2D eigenvalue weighted by Gasteiger charge is 2.03. The Morgan fingerprint density at radius 1 is 0.909 bits per heavy atom. The molecule has 0 aliphatic heterocycles. The van der Waals surface area contributed by atoms with E-state index in [9.17, 15) is 0 Å². The molecule has 0 heterocycles. The summed E-state index contributed by atoms with van der Waals surface area (Å²) in [7, 11) is 0. The molecule has 0 aromatic carbocycles. The van der Waals surface area contributed by atoms with Gasteiger partial charge in [0.05, 0.1) is 25.4 Å². The van der Waals surface area contributed by atoms with Crippen LogP contribution in [0.1, 0.15) is 0 Å². The van der Waals surface area contributed by atoms with E-state index in [0.717, 1.165) is 0 Å². The van der Waals surface area contributed by atoms with Crippen LogP contribution in [0.25, 0.3) is 0 Å². The molecule has 0 saturated carbocycles. The van der Waals surface area contributed by atoms with E-state index in [2.05, 4.69) is 5.32 Å². The van der Waals surface area contributed by atoms with Crippen LogP contribution in [0, 0.1) is 0 Å². The average molecular weight is 165 g/mol. The molecule has 0 saturated heterocycles. The molecule has 0 aliphatic rings. The zero-order chi connectivity index (χ0) is 8.69. The van der Waals surface area contributed by atoms with Crippen molar-refractivity contribution in [3.8, 4) is 0 Å². The summed E-state index contributed by atoms with van der Waals surface area (Å²) in [6.07, 6.45) is -1.61. The second kappa shape index (κ2) is 6.51. The third-order valence-corrected chi connectivity index (χ3v) is 1.18. The highest BCUT2D eigenvalue weighted by molar-refractivity contribution is 4.61. The van der Waals surface area contributed by atoms with Crippen molar-refractivity contribution >= 4 is 0 Å². The van der Waals surface area contributed by atoms with E-state index in [1.165, 1.54) is 0 Å². The van der Waals surface area contributed by atoms with Gasteiger partial charge >= 0.3 is 0 Å². The second-order valence-electron chi connectivity index (χ2n) is 2.33. The largest absolute Gasteiger partial charge is 0.394 e. The lowest BCUT2D eigenvalue weighted by atomic mass is 10.3. The Balaban J connectivity index is 3.13. The Labute approximate surface area is 65.3 Å². The molecular formula is C6H15NO4. The fourth-order valence-corrected chi connectivity index (χ4v) is 0.546. The fraction of sp³-hybridized carbons (Fsp3) is 1.00. The van der Waals surface area contributed by atoms with Gasteiger partial charge in [-0.1, -0.05) is 0 Å². The maximum absolute atomic E-state index is 8.79. The maximum Gasteiger partial charge on any atom is 0.0894 e. The number of hydrogen-bond acceptors (Lipinski definition) is 5. The molecule has 0 rings (SSSR count). The van der Waals surface area contributed by atoms with Crippen molar-refractivity contribution in [1.29, 1.82) is 0 Å². The molecule has 2 atom stereocenters. The molecule has 5 heteroatoms. The maximum atomic E-state index is 8.79. The number of rotatable bonds is 6. The van der Waals surface area contributed by atoms with Crippen molar-refractivity contribution in [2.45, 2.75) is 12.2 Å². The van der Waals surface area contributed by atoms with Crippen LogP contribution in [0.3, 0.4) is 0 Å². The molecule has 0 fully saturated rings. The molecule has 68 valence electrons. The Kier molecular flexibility index (Phi) is 6.39. The first-order chi connectivity index (χ1) is 5.20. The molecule has 0 radical (unpaired) electrons. The van der Waals surface area contributed by atoms with E-state index < -0.39 is 12.2 Å². The van der Waals surface area contributed by atoms with Crippen LogP contribution in [-0.4, -0.2) is 58.9 Å². The molecule has 0 bridgehead atoms. The van der Waals surface area contributed by atoms with Gasteiger partial charge in [0.25, 0.3) is 0 Å². The van der Waals surface area contributed by atoms with E-state index >= 15 is 0 Å². The lowest BCUT2D eigenvalue weighted by molar-refractivity contribution is 0.0747. The monoisotopic (exact) mass is 165 g/mol. The van der Waals surface area contributed by atoms with Gasteiger partial charge in [-0.2, -0.15) is 0 Å². The van der Waals surface area contributed by atoms with Crippen LogP contribution >= 0.6 is 0 Å². The molecule has 0 unspecified atom stereocenters. The van der Waals surface area contributed by atoms with Gasteiger partial charge in [0, 0.05) is 13.1 Å². The number of aliphatic hydroxyl groups is 4. The Bertz CT molecular complexity index is 80.7. The third kappa shape index (κ3) is 6.21. The van der Waals surface area contributed by atoms with E-state index in [-0.39, 0.29) is 26.3 Å². The van der Waals surface area contributed by atoms with Crippen molar-refractivity contribution in [1.82, 2.24) is 5.32 Å². The van der Waals surface area contributed by atoms with E-state index in [1.54, 1.807) is 0 Å². The summed E-state index contributed by atoms with van der Waals surface area (Å²) in [5.41, 5.74) is 0. The zero-order valence-electron chi connectivity index (χ0n) is 6.27. The van der Waals surface area contributed by atoms with Crippen molar-refractivity contribution < 1.29 is 20.4 Å². The minimum atomic E-state index is -0.805. The summed E-state index contributed by atoms with van der Waals surface area (Å²) in [4.78, 5) is 0. The van der Waals surface area contributed by atoms with E-state index in [1.807, 2.05) is 0 Å². The molecule has 11 heavy (non-hydrogen) atoms. The van der Waals surface area contributed by atoms with Crippen LogP contribution in [0.4, 0.5) is 0 Å². The van der Waals surface area contributed by atoms with Crippen LogP contribution in [-0.2, 0) is 0 Å². The van der Waals surface area contributed by atoms with Gasteiger partial charge < -0.3 is 25.7 Å². The van der Waals surface area contributed by atoms with Gasteiger partial charge in [-0.05, 0) is 0 Å². The summed E-state index contributed by atoms with van der Waals surface area (Å²) in [5, 5.41) is 37.0. The molecule has 0 amide bonds. The van der Waals surface area contributed by atoms with Crippen LogP contribution in [0.15, 0.2) is 0 Å². The smallest absolute Gasteiger partial charge is 0.0894 e. The molecule has 5 N–H and O–H groups in total. The summed E-state index contributed by atoms with van der Waals surface area (Å²) >= 11 is 0. The first-order valence-corrected chi connectivity index (χ1v) is 3.49. The molecule has 0 spiro atoms. The molecule has 0 aliphatic carbocycles. The topological polar surface area (TPSA) is 93.0 Å². The summed E-state index contributed by atoms with van der Waals surface area (Å²) in [6, 6.07) is 0. The SMILES string of the molecule is OC[C@H](O)CNC[C@@H](O)CO. The van der Waals surface area contributed by atoms with Gasteiger partial charge in [0.15, 0.2) is 0 Å². The predicted molar refractivity (Wildman–Crippen MR) is 39.1 cm³/mol. The fourth-order valence-electron chi connectivity index (χ4n) is 0.546. The normalized spacial score (nSPS) is 16.4. The Morgan fingerprint density at radius 2 is 1.27 bits per heavy atom. The number of nitrogens with one attached hydrogen (secondary N) is 1. The van der Waals surface area contributed by atoms with Crippen LogP contribution in [0.2, 0.25) is 0 Å². The lowest BCUT2D eigenvalue weighted by Crippen LogP contribution is -2.35. The molecule has 0 aromatic heterocycles. The minimum absolute atomic E-state index is 0.216. The third-order valence-electron chi connectivity index (χ3n) is 1.18.